The van der Waals surface area contributed by atoms with Gasteiger partial charge in [0.05, 0.1) is 6.61 Å². The lowest BCUT2D eigenvalue weighted by molar-refractivity contribution is 0.141. The predicted molar refractivity (Wildman–Crippen MR) is 105 cm³/mol. The molecule has 0 radical (unpaired) electrons. The van der Waals surface area contributed by atoms with Gasteiger partial charge in [-0.2, -0.15) is 9.97 Å². The lowest BCUT2D eigenvalue weighted by Crippen LogP contribution is -2.25. The minimum Gasteiger partial charge on any atom is -0.461 e. The molecule has 0 spiro atoms. The summed E-state index contributed by atoms with van der Waals surface area (Å²) in [4.78, 5) is 14.0. The van der Waals surface area contributed by atoms with Crippen molar-refractivity contribution in [2.45, 2.75) is 13.1 Å². The van der Waals surface area contributed by atoms with E-state index in [1.807, 2.05) is 31.3 Å². The first-order chi connectivity index (χ1) is 13.1. The lowest BCUT2D eigenvalue weighted by atomic mass is 10.1. The normalized spacial score (nSPS) is 10.6. The van der Waals surface area contributed by atoms with Crippen molar-refractivity contribution in [1.29, 1.82) is 0 Å². The number of nitrogen functional groups attached to an aromatic ring is 1. The Morgan fingerprint density at radius 1 is 1.22 bits per heavy atom. The second-order valence-electron chi connectivity index (χ2n) is 5.75. The van der Waals surface area contributed by atoms with Crippen molar-refractivity contribution in [2.24, 2.45) is 4.99 Å². The molecule has 1 aromatic carbocycles. The van der Waals surface area contributed by atoms with Gasteiger partial charge < -0.3 is 30.5 Å². The fourth-order valence-electron chi connectivity index (χ4n) is 2.47. The predicted octanol–water partition coefficient (Wildman–Crippen LogP) is 1.09. The molecule has 0 saturated carbocycles. The van der Waals surface area contributed by atoms with Crippen LogP contribution in [0.25, 0.3) is 0 Å². The number of nitrogens with zero attached hydrogens (tertiary/aromatic N) is 4. The maximum Gasteiger partial charge on any atom is 0.320 e. The van der Waals surface area contributed by atoms with Gasteiger partial charge in [-0.15, -0.1) is 0 Å². The molecule has 0 aliphatic carbocycles. The second-order valence-corrected chi connectivity index (χ2v) is 5.75. The Hall–Kier alpha value is -2.75. The van der Waals surface area contributed by atoms with E-state index >= 15 is 0 Å². The largest absolute Gasteiger partial charge is 0.461 e. The third kappa shape index (κ3) is 5.61. The van der Waals surface area contributed by atoms with E-state index in [1.165, 1.54) is 5.56 Å². The third-order valence-corrected chi connectivity index (χ3v) is 3.80. The smallest absolute Gasteiger partial charge is 0.320 e. The number of hydrogen-bond donors (Lipinski definition) is 3. The van der Waals surface area contributed by atoms with Gasteiger partial charge in [-0.25, -0.2) is 0 Å². The molecule has 0 bridgehead atoms. The molecule has 0 aliphatic heterocycles. The van der Waals surface area contributed by atoms with Gasteiger partial charge in [0.2, 0.25) is 0 Å². The van der Waals surface area contributed by atoms with E-state index in [2.05, 4.69) is 27.0 Å². The molecule has 9 heteroatoms. The van der Waals surface area contributed by atoms with Gasteiger partial charge in [-0.05, 0) is 24.9 Å². The van der Waals surface area contributed by atoms with E-state index < -0.39 is 0 Å². The summed E-state index contributed by atoms with van der Waals surface area (Å²) < 4.78 is 10.4. The van der Waals surface area contributed by atoms with Crippen LogP contribution in [0.15, 0.2) is 29.3 Å². The fourth-order valence-corrected chi connectivity index (χ4v) is 2.47. The Balaban J connectivity index is 2.26. The Morgan fingerprint density at radius 2 is 1.93 bits per heavy atom. The van der Waals surface area contributed by atoms with Gasteiger partial charge in [0.25, 0.3) is 0 Å². The van der Waals surface area contributed by atoms with Crippen LogP contribution in [-0.2, 0) is 17.8 Å². The van der Waals surface area contributed by atoms with Crippen LogP contribution in [0.3, 0.4) is 0 Å². The number of anilines is 2. The molecule has 0 fully saturated rings. The van der Waals surface area contributed by atoms with Gasteiger partial charge in [-0.3, -0.25) is 4.99 Å². The SMILES string of the molecule is C=Nc1c(N)nc(OCCOC)nc1N(CO)Cc1ccc(CNC)cc1. The number of methoxy groups -OCH3 is 1. The number of hydrogen-bond acceptors (Lipinski definition) is 9. The first kappa shape index (κ1) is 20.6. The Kier molecular flexibility index (Phi) is 7.93. The maximum absolute atomic E-state index is 9.89. The van der Waals surface area contributed by atoms with Crippen LogP contribution in [-0.4, -0.2) is 55.9 Å². The van der Waals surface area contributed by atoms with Crippen molar-refractivity contribution >= 4 is 24.0 Å². The number of aromatic nitrogens is 2. The maximum atomic E-state index is 9.89. The zero-order valence-corrected chi connectivity index (χ0v) is 15.7. The van der Waals surface area contributed by atoms with E-state index in [0.29, 0.717) is 24.7 Å². The van der Waals surface area contributed by atoms with Crippen molar-refractivity contribution in [3.63, 3.8) is 0 Å². The van der Waals surface area contributed by atoms with Gasteiger partial charge >= 0.3 is 6.01 Å². The van der Waals surface area contributed by atoms with Gasteiger partial charge in [0.1, 0.15) is 19.0 Å². The van der Waals surface area contributed by atoms with E-state index in [-0.39, 0.29) is 25.2 Å². The number of nitrogens with two attached hydrogens (primary N) is 1. The summed E-state index contributed by atoms with van der Waals surface area (Å²) in [5, 5.41) is 13.0. The van der Waals surface area contributed by atoms with Crippen molar-refractivity contribution in [3.05, 3.63) is 35.4 Å². The van der Waals surface area contributed by atoms with Crippen LogP contribution in [0.5, 0.6) is 6.01 Å². The molecular formula is C18H26N6O3. The summed E-state index contributed by atoms with van der Waals surface area (Å²) in [5.41, 5.74) is 8.44. The standard InChI is InChI=1S/C18H26N6O3/c1-20-10-13-4-6-14(7-5-13)11-24(12-25)17-15(21-2)16(19)22-18(23-17)27-9-8-26-3/h4-7,20,25H,2,8-12H2,1,3H3,(H2,19,22,23). The molecule has 9 nitrogen and oxygen atoms in total. The third-order valence-electron chi connectivity index (χ3n) is 3.80. The van der Waals surface area contributed by atoms with Crippen molar-refractivity contribution in [3.8, 4) is 6.01 Å². The van der Waals surface area contributed by atoms with Gasteiger partial charge in [-0.1, -0.05) is 24.3 Å². The first-order valence-electron chi connectivity index (χ1n) is 8.47. The number of benzene rings is 1. The average Bonchev–Trinajstić information content (AvgIpc) is 2.67. The molecule has 0 saturated heterocycles. The van der Waals surface area contributed by atoms with E-state index in [4.69, 9.17) is 15.2 Å². The second kappa shape index (κ2) is 10.4. The molecule has 4 N–H and O–H groups in total. The highest BCUT2D eigenvalue weighted by Crippen LogP contribution is 2.33. The highest BCUT2D eigenvalue weighted by atomic mass is 16.5. The number of aliphatic imine (C=N–C) groups is 1. The molecule has 0 atom stereocenters. The summed E-state index contributed by atoms with van der Waals surface area (Å²) in [5.74, 6) is 0.483. The summed E-state index contributed by atoms with van der Waals surface area (Å²) in [6.45, 7) is 5.12. The number of rotatable bonds is 11. The summed E-state index contributed by atoms with van der Waals surface area (Å²) >= 11 is 0. The van der Waals surface area contributed by atoms with E-state index in [1.54, 1.807) is 12.0 Å². The van der Waals surface area contributed by atoms with Crippen molar-refractivity contribution in [1.82, 2.24) is 15.3 Å². The quantitative estimate of drug-likeness (QED) is 0.304. The van der Waals surface area contributed by atoms with Crippen LogP contribution < -0.4 is 20.7 Å². The molecule has 0 amide bonds. The monoisotopic (exact) mass is 374 g/mol. The van der Waals surface area contributed by atoms with Crippen molar-refractivity contribution in [2.75, 3.05) is 44.7 Å². The molecule has 1 aromatic heterocycles. The Labute approximate surface area is 158 Å². The first-order valence-corrected chi connectivity index (χ1v) is 8.47. The number of ether oxygens (including phenoxy) is 2. The molecule has 27 heavy (non-hydrogen) atoms. The minimum atomic E-state index is -0.283. The fraction of sp³-hybridized carbons (Fsp3) is 0.389. The zero-order valence-electron chi connectivity index (χ0n) is 15.7. The highest BCUT2D eigenvalue weighted by Gasteiger charge is 2.18. The minimum absolute atomic E-state index is 0.0924. The van der Waals surface area contributed by atoms with E-state index in [9.17, 15) is 5.11 Å². The van der Waals surface area contributed by atoms with Crippen LogP contribution in [0.2, 0.25) is 0 Å². The van der Waals surface area contributed by atoms with Crippen LogP contribution in [0.1, 0.15) is 11.1 Å². The van der Waals surface area contributed by atoms with E-state index in [0.717, 1.165) is 12.1 Å². The molecule has 2 rings (SSSR count). The Morgan fingerprint density at radius 3 is 2.52 bits per heavy atom. The summed E-state index contributed by atoms with van der Waals surface area (Å²) in [7, 11) is 3.47. The molecule has 0 aliphatic rings. The highest BCUT2D eigenvalue weighted by molar-refractivity contribution is 5.75. The Bertz CT molecular complexity index is 739. The number of aliphatic hydroxyl groups is 1. The topological polar surface area (TPSA) is 118 Å². The molecule has 146 valence electrons. The zero-order chi connectivity index (χ0) is 19.6. The van der Waals surface area contributed by atoms with Gasteiger partial charge in [0.15, 0.2) is 11.6 Å². The van der Waals surface area contributed by atoms with Crippen LogP contribution in [0, 0.1) is 0 Å². The number of aliphatic hydroxyl groups excluding tert-OH is 1. The average molecular weight is 374 g/mol. The molecule has 0 unspecified atom stereocenters. The van der Waals surface area contributed by atoms with Crippen molar-refractivity contribution < 1.29 is 14.6 Å². The van der Waals surface area contributed by atoms with Crippen LogP contribution in [0.4, 0.5) is 17.3 Å². The summed E-state index contributed by atoms with van der Waals surface area (Å²) in [6.07, 6.45) is 0. The molecule has 1 heterocycles. The summed E-state index contributed by atoms with van der Waals surface area (Å²) in [6, 6.07) is 8.15. The molecule has 2 aromatic rings. The van der Waals surface area contributed by atoms with Crippen LogP contribution >= 0.6 is 0 Å². The number of nitrogens with one attached hydrogen (secondary N) is 1. The molecular weight excluding hydrogens is 348 g/mol. The van der Waals surface area contributed by atoms with Gasteiger partial charge in [0, 0.05) is 20.2 Å². The lowest BCUT2D eigenvalue weighted by Gasteiger charge is -2.23.